The fraction of sp³-hybridized carbons (Fsp3) is 0.182. The highest BCUT2D eigenvalue weighted by atomic mass is 79.9. The van der Waals surface area contributed by atoms with E-state index >= 15 is 0 Å². The van der Waals surface area contributed by atoms with Crippen LogP contribution in [0.1, 0.15) is 5.89 Å². The highest BCUT2D eigenvalue weighted by molar-refractivity contribution is 9.10. The van der Waals surface area contributed by atoms with Crippen molar-refractivity contribution in [2.45, 2.75) is 6.54 Å². The van der Waals surface area contributed by atoms with Crippen molar-refractivity contribution in [3.05, 3.63) is 39.8 Å². The van der Waals surface area contributed by atoms with Crippen molar-refractivity contribution in [2.75, 3.05) is 7.05 Å². The number of rotatable bonds is 3. The molecule has 0 amide bonds. The standard InChI is InChI=1S/C11H10BrClN2O/c1-14-6-11-15-5-10(16-11)8-3-2-7(13)4-9(8)12/h2-5,14H,6H2,1H3. The molecule has 84 valence electrons. The lowest BCUT2D eigenvalue weighted by atomic mass is 10.2. The van der Waals surface area contributed by atoms with Crippen LogP contribution in [0.2, 0.25) is 5.02 Å². The molecule has 5 heteroatoms. The Bertz CT molecular complexity index is 498. The van der Waals surface area contributed by atoms with E-state index in [0.717, 1.165) is 15.8 Å². The summed E-state index contributed by atoms with van der Waals surface area (Å²) < 4.78 is 6.48. The third-order valence-electron chi connectivity index (χ3n) is 2.08. The molecule has 0 fully saturated rings. The van der Waals surface area contributed by atoms with Crippen LogP contribution in [0.4, 0.5) is 0 Å². The molecule has 1 aromatic heterocycles. The first-order chi connectivity index (χ1) is 7.70. The maximum absolute atomic E-state index is 5.87. The highest BCUT2D eigenvalue weighted by Crippen LogP contribution is 2.30. The van der Waals surface area contributed by atoms with Crippen LogP contribution in [0.5, 0.6) is 0 Å². The van der Waals surface area contributed by atoms with E-state index in [4.69, 9.17) is 16.0 Å². The summed E-state index contributed by atoms with van der Waals surface area (Å²) in [5.74, 6) is 1.40. The summed E-state index contributed by atoms with van der Waals surface area (Å²) >= 11 is 9.32. The lowest BCUT2D eigenvalue weighted by Gasteiger charge is -2.00. The predicted octanol–water partition coefficient (Wildman–Crippen LogP) is 3.48. The average Bonchev–Trinajstić information content (AvgIpc) is 2.67. The molecule has 1 aromatic carbocycles. The number of nitrogens with one attached hydrogen (secondary N) is 1. The number of hydrogen-bond donors (Lipinski definition) is 1. The molecule has 0 radical (unpaired) electrons. The van der Waals surface area contributed by atoms with Gasteiger partial charge in [0.2, 0.25) is 5.89 Å². The third-order valence-corrected chi connectivity index (χ3v) is 2.97. The summed E-state index contributed by atoms with van der Waals surface area (Å²) in [5, 5.41) is 3.67. The van der Waals surface area contributed by atoms with Crippen LogP contribution >= 0.6 is 27.5 Å². The highest BCUT2D eigenvalue weighted by Gasteiger charge is 2.09. The SMILES string of the molecule is CNCc1ncc(-c2ccc(Cl)cc2Br)o1. The van der Waals surface area contributed by atoms with Gasteiger partial charge in [0.25, 0.3) is 0 Å². The van der Waals surface area contributed by atoms with E-state index in [2.05, 4.69) is 26.2 Å². The topological polar surface area (TPSA) is 38.1 Å². The number of aromatic nitrogens is 1. The lowest BCUT2D eigenvalue weighted by molar-refractivity contribution is 0.491. The molecule has 0 unspecified atom stereocenters. The number of hydrogen-bond acceptors (Lipinski definition) is 3. The molecule has 0 aliphatic carbocycles. The molecule has 1 N–H and O–H groups in total. The van der Waals surface area contributed by atoms with E-state index in [1.165, 1.54) is 0 Å². The number of halogens is 2. The third kappa shape index (κ3) is 2.45. The zero-order valence-corrected chi connectivity index (χ0v) is 11.0. The van der Waals surface area contributed by atoms with Crippen LogP contribution in [0.25, 0.3) is 11.3 Å². The predicted molar refractivity (Wildman–Crippen MR) is 67.4 cm³/mol. The van der Waals surface area contributed by atoms with E-state index in [1.54, 1.807) is 6.20 Å². The molecule has 0 bridgehead atoms. The van der Waals surface area contributed by atoms with Gasteiger partial charge < -0.3 is 9.73 Å². The molecule has 0 aliphatic heterocycles. The molecule has 16 heavy (non-hydrogen) atoms. The van der Waals surface area contributed by atoms with Gasteiger partial charge in [-0.1, -0.05) is 11.6 Å². The lowest BCUT2D eigenvalue weighted by Crippen LogP contribution is -2.04. The first-order valence-corrected chi connectivity index (χ1v) is 5.92. The van der Waals surface area contributed by atoms with Crippen molar-refractivity contribution >= 4 is 27.5 Å². The summed E-state index contributed by atoms with van der Waals surface area (Å²) in [6, 6.07) is 5.55. The Morgan fingerprint density at radius 2 is 2.31 bits per heavy atom. The molecule has 2 rings (SSSR count). The fourth-order valence-electron chi connectivity index (χ4n) is 1.36. The van der Waals surface area contributed by atoms with Gasteiger partial charge in [0.1, 0.15) is 0 Å². The second-order valence-electron chi connectivity index (χ2n) is 3.27. The van der Waals surface area contributed by atoms with Crippen molar-refractivity contribution in [1.29, 1.82) is 0 Å². The monoisotopic (exact) mass is 300 g/mol. The van der Waals surface area contributed by atoms with Crippen LogP contribution in [-0.2, 0) is 6.54 Å². The maximum Gasteiger partial charge on any atom is 0.208 e. The summed E-state index contributed by atoms with van der Waals surface area (Å²) in [4.78, 5) is 4.16. The van der Waals surface area contributed by atoms with Crippen molar-refractivity contribution in [1.82, 2.24) is 10.3 Å². The van der Waals surface area contributed by atoms with Crippen molar-refractivity contribution in [3.8, 4) is 11.3 Å². The number of oxazole rings is 1. The van der Waals surface area contributed by atoms with Crippen LogP contribution in [-0.4, -0.2) is 12.0 Å². The van der Waals surface area contributed by atoms with Gasteiger partial charge in [-0.2, -0.15) is 0 Å². The molecule has 0 atom stereocenters. The second kappa shape index (κ2) is 4.99. The van der Waals surface area contributed by atoms with Crippen LogP contribution in [0.15, 0.2) is 33.3 Å². The minimum atomic E-state index is 0.616. The summed E-state index contributed by atoms with van der Waals surface area (Å²) in [7, 11) is 1.85. The minimum Gasteiger partial charge on any atom is -0.439 e. The van der Waals surface area contributed by atoms with Gasteiger partial charge in [-0.05, 0) is 41.2 Å². The maximum atomic E-state index is 5.87. The zero-order chi connectivity index (χ0) is 11.5. The van der Waals surface area contributed by atoms with Gasteiger partial charge in [-0.25, -0.2) is 4.98 Å². The molecule has 0 saturated heterocycles. The Morgan fingerprint density at radius 3 is 3.00 bits per heavy atom. The smallest absolute Gasteiger partial charge is 0.208 e. The van der Waals surface area contributed by atoms with Gasteiger partial charge >= 0.3 is 0 Å². The Hall–Kier alpha value is -0.840. The second-order valence-corrected chi connectivity index (χ2v) is 4.56. The van der Waals surface area contributed by atoms with E-state index in [-0.39, 0.29) is 0 Å². The van der Waals surface area contributed by atoms with Crippen molar-refractivity contribution in [2.24, 2.45) is 0 Å². The summed E-state index contributed by atoms with van der Waals surface area (Å²) in [6.07, 6.45) is 1.71. The zero-order valence-electron chi connectivity index (χ0n) is 8.63. The molecular weight excluding hydrogens is 291 g/mol. The van der Waals surface area contributed by atoms with Crippen LogP contribution < -0.4 is 5.32 Å². The fourth-order valence-corrected chi connectivity index (χ4v) is 2.24. The van der Waals surface area contributed by atoms with E-state index in [1.807, 2.05) is 25.2 Å². The number of benzene rings is 1. The Kier molecular flexibility index (Phi) is 3.63. The van der Waals surface area contributed by atoms with Crippen molar-refractivity contribution < 1.29 is 4.42 Å². The first kappa shape index (κ1) is 11.6. The molecule has 0 spiro atoms. The van der Waals surface area contributed by atoms with Gasteiger partial charge in [0.15, 0.2) is 5.76 Å². The normalized spacial score (nSPS) is 10.7. The van der Waals surface area contributed by atoms with Crippen LogP contribution in [0, 0.1) is 0 Å². The molecule has 0 saturated carbocycles. The number of nitrogens with zero attached hydrogens (tertiary/aromatic N) is 1. The first-order valence-electron chi connectivity index (χ1n) is 4.75. The molecular formula is C11H10BrClN2O. The molecule has 0 aliphatic rings. The molecule has 3 nitrogen and oxygen atoms in total. The molecule has 1 heterocycles. The van der Waals surface area contributed by atoms with Gasteiger partial charge in [-0.15, -0.1) is 0 Å². The van der Waals surface area contributed by atoms with Gasteiger partial charge in [-0.3, -0.25) is 0 Å². The van der Waals surface area contributed by atoms with Crippen molar-refractivity contribution in [3.63, 3.8) is 0 Å². The largest absolute Gasteiger partial charge is 0.439 e. The summed E-state index contributed by atoms with van der Waals surface area (Å²) in [6.45, 7) is 0.616. The Morgan fingerprint density at radius 1 is 1.50 bits per heavy atom. The quantitative estimate of drug-likeness (QED) is 0.943. The van der Waals surface area contributed by atoms with Crippen LogP contribution in [0.3, 0.4) is 0 Å². The average molecular weight is 302 g/mol. The van der Waals surface area contributed by atoms with E-state index in [0.29, 0.717) is 17.5 Å². The van der Waals surface area contributed by atoms with E-state index in [9.17, 15) is 0 Å². The summed E-state index contributed by atoms with van der Waals surface area (Å²) in [5.41, 5.74) is 0.944. The Balaban J connectivity index is 2.35. The Labute approximate surface area is 107 Å². The van der Waals surface area contributed by atoms with E-state index < -0.39 is 0 Å². The van der Waals surface area contributed by atoms with Gasteiger partial charge in [0.05, 0.1) is 12.7 Å². The van der Waals surface area contributed by atoms with Gasteiger partial charge in [0, 0.05) is 15.1 Å². The molecule has 2 aromatic rings. The minimum absolute atomic E-state index is 0.616.